The number of hydrogen-bond acceptors (Lipinski definition) is 4. The van der Waals surface area contributed by atoms with Gasteiger partial charge in [-0.1, -0.05) is 12.1 Å². The van der Waals surface area contributed by atoms with E-state index in [1.165, 1.54) is 12.1 Å². The maximum absolute atomic E-state index is 13.3. The highest BCUT2D eigenvalue weighted by Crippen LogP contribution is 2.37. The Labute approximate surface area is 185 Å². The Morgan fingerprint density at radius 2 is 1.69 bits per heavy atom. The summed E-state index contributed by atoms with van der Waals surface area (Å²) in [5, 5.41) is 0.850. The molecule has 0 atom stereocenters. The summed E-state index contributed by atoms with van der Waals surface area (Å²) in [7, 11) is 1.57. The lowest BCUT2D eigenvalue weighted by atomic mass is 9.99. The molecule has 0 saturated carbocycles. The normalized spacial score (nSPS) is 14.7. The first-order valence-corrected chi connectivity index (χ1v) is 10.5. The molecule has 0 bridgehead atoms. The number of ether oxygens (including phenoxy) is 1. The van der Waals surface area contributed by atoms with Gasteiger partial charge < -0.3 is 19.0 Å². The molecule has 7 heteroatoms. The number of carbonyl (C=O) groups excluding carboxylic acids is 2. The summed E-state index contributed by atoms with van der Waals surface area (Å²) in [5.74, 6) is 0.225. The number of hydrogen-bond donors (Lipinski definition) is 0. The first kappa shape index (κ1) is 21.6. The quantitative estimate of drug-likeness (QED) is 0.571. The number of methoxy groups -OCH3 is 1. The molecule has 1 aliphatic heterocycles. The molecule has 2 amide bonds. The molecular weight excluding hydrogens is 411 g/mol. The van der Waals surface area contributed by atoms with Gasteiger partial charge in [0.05, 0.1) is 13.4 Å². The van der Waals surface area contributed by atoms with Gasteiger partial charge in [-0.2, -0.15) is 0 Å². The third kappa shape index (κ3) is 4.23. The Bertz CT molecular complexity index is 1190. The van der Waals surface area contributed by atoms with Crippen molar-refractivity contribution < 1.29 is 23.1 Å². The number of furan rings is 1. The molecule has 4 rings (SSSR count). The summed E-state index contributed by atoms with van der Waals surface area (Å²) in [6.45, 7) is 5.51. The molecule has 3 aromatic rings. The van der Waals surface area contributed by atoms with E-state index in [2.05, 4.69) is 0 Å². The Morgan fingerprint density at radius 1 is 1.03 bits per heavy atom. The molecule has 0 radical (unpaired) electrons. The number of piperazine rings is 1. The van der Waals surface area contributed by atoms with Gasteiger partial charge in [-0.15, -0.1) is 0 Å². The largest absolute Gasteiger partial charge is 0.496 e. The van der Waals surface area contributed by atoms with Gasteiger partial charge in [-0.25, -0.2) is 4.39 Å². The zero-order valence-electron chi connectivity index (χ0n) is 18.4. The van der Waals surface area contributed by atoms with Crippen LogP contribution in [0.25, 0.3) is 27.7 Å². The smallest absolute Gasteiger partial charge is 0.246 e. The highest BCUT2D eigenvalue weighted by atomic mass is 19.1. The number of halogens is 1. The minimum absolute atomic E-state index is 0.0268. The van der Waals surface area contributed by atoms with E-state index in [-0.39, 0.29) is 17.6 Å². The van der Waals surface area contributed by atoms with E-state index in [1.807, 2.05) is 13.0 Å². The monoisotopic (exact) mass is 436 g/mol. The SMILES string of the molecule is COc1cc2occ(-c3ccc(F)cc3)c2cc1/C(C)=C/C(=O)N1CCN(C(C)=O)CC1. The average molecular weight is 436 g/mol. The number of allylic oxidation sites excluding steroid dienone is 1. The van der Waals surface area contributed by atoms with E-state index < -0.39 is 0 Å². The number of nitrogens with zero attached hydrogens (tertiary/aromatic N) is 2. The van der Waals surface area contributed by atoms with Crippen molar-refractivity contribution in [3.05, 3.63) is 60.1 Å². The van der Waals surface area contributed by atoms with Crippen molar-refractivity contribution in [2.75, 3.05) is 33.3 Å². The lowest BCUT2D eigenvalue weighted by molar-refractivity contribution is -0.135. The van der Waals surface area contributed by atoms with Gasteiger partial charge in [-0.3, -0.25) is 9.59 Å². The van der Waals surface area contributed by atoms with Gasteiger partial charge in [0.15, 0.2) is 0 Å². The van der Waals surface area contributed by atoms with Crippen LogP contribution >= 0.6 is 0 Å². The summed E-state index contributed by atoms with van der Waals surface area (Å²) < 4.78 is 24.6. The molecule has 1 aromatic heterocycles. The summed E-state index contributed by atoms with van der Waals surface area (Å²) in [6.07, 6.45) is 3.24. The molecule has 1 aliphatic rings. The van der Waals surface area contributed by atoms with Gasteiger partial charge in [0.2, 0.25) is 11.8 Å². The second-order valence-corrected chi connectivity index (χ2v) is 7.86. The van der Waals surface area contributed by atoms with Crippen molar-refractivity contribution in [3.63, 3.8) is 0 Å². The molecule has 32 heavy (non-hydrogen) atoms. The van der Waals surface area contributed by atoms with Gasteiger partial charge >= 0.3 is 0 Å². The van der Waals surface area contributed by atoms with E-state index in [0.717, 1.165) is 27.6 Å². The minimum Gasteiger partial charge on any atom is -0.496 e. The van der Waals surface area contributed by atoms with Crippen LogP contribution in [0.5, 0.6) is 5.75 Å². The molecule has 6 nitrogen and oxygen atoms in total. The molecule has 0 unspecified atom stereocenters. The van der Waals surface area contributed by atoms with Gasteiger partial charge in [-0.05, 0) is 36.3 Å². The van der Waals surface area contributed by atoms with E-state index in [9.17, 15) is 14.0 Å². The second-order valence-electron chi connectivity index (χ2n) is 7.86. The van der Waals surface area contributed by atoms with E-state index >= 15 is 0 Å². The molecule has 0 aliphatic carbocycles. The van der Waals surface area contributed by atoms with E-state index in [0.29, 0.717) is 37.5 Å². The Kier molecular flexibility index (Phi) is 5.99. The summed E-state index contributed by atoms with van der Waals surface area (Å²) in [6, 6.07) is 9.96. The van der Waals surface area contributed by atoms with Crippen molar-refractivity contribution in [3.8, 4) is 16.9 Å². The number of amides is 2. The average Bonchev–Trinajstić information content (AvgIpc) is 3.21. The highest BCUT2D eigenvalue weighted by molar-refractivity contribution is 6.00. The fourth-order valence-corrected chi connectivity index (χ4v) is 3.98. The maximum Gasteiger partial charge on any atom is 0.246 e. The second kappa shape index (κ2) is 8.86. The van der Waals surface area contributed by atoms with Crippen LogP contribution < -0.4 is 4.74 Å². The van der Waals surface area contributed by atoms with E-state index in [4.69, 9.17) is 9.15 Å². The van der Waals surface area contributed by atoms with Crippen LogP contribution in [0.1, 0.15) is 19.4 Å². The number of fused-ring (bicyclic) bond motifs is 1. The minimum atomic E-state index is -0.301. The summed E-state index contributed by atoms with van der Waals surface area (Å²) in [5.41, 5.74) is 3.85. The molecule has 2 heterocycles. The first-order chi connectivity index (χ1) is 15.4. The van der Waals surface area contributed by atoms with Crippen LogP contribution in [0, 0.1) is 5.82 Å². The molecule has 1 fully saturated rings. The first-order valence-electron chi connectivity index (χ1n) is 10.5. The Balaban J connectivity index is 1.65. The zero-order chi connectivity index (χ0) is 22.8. The fourth-order valence-electron chi connectivity index (χ4n) is 3.98. The lowest BCUT2D eigenvalue weighted by Crippen LogP contribution is -2.49. The Morgan fingerprint density at radius 3 is 2.31 bits per heavy atom. The fraction of sp³-hybridized carbons (Fsp3) is 0.280. The van der Waals surface area contributed by atoms with E-state index in [1.54, 1.807) is 54.4 Å². The van der Waals surface area contributed by atoms with Crippen molar-refractivity contribution in [2.24, 2.45) is 0 Å². The van der Waals surface area contributed by atoms with Crippen molar-refractivity contribution in [2.45, 2.75) is 13.8 Å². The molecule has 1 saturated heterocycles. The van der Waals surface area contributed by atoms with Crippen LogP contribution in [0.4, 0.5) is 4.39 Å². The van der Waals surface area contributed by atoms with Crippen LogP contribution in [0.3, 0.4) is 0 Å². The topological polar surface area (TPSA) is 63.0 Å². The zero-order valence-corrected chi connectivity index (χ0v) is 18.4. The highest BCUT2D eigenvalue weighted by Gasteiger charge is 2.22. The molecule has 166 valence electrons. The standard InChI is InChI=1S/C25H25FN2O4/c1-16(12-25(30)28-10-8-27(9-11-28)17(2)29)20-13-21-22(18-4-6-19(26)7-5-18)15-32-24(21)14-23(20)31-3/h4-7,12-15H,8-11H2,1-3H3/b16-12+. The number of benzene rings is 2. The van der Waals surface area contributed by atoms with Crippen molar-refractivity contribution in [1.82, 2.24) is 9.80 Å². The molecule has 0 spiro atoms. The summed E-state index contributed by atoms with van der Waals surface area (Å²) in [4.78, 5) is 27.8. The summed E-state index contributed by atoms with van der Waals surface area (Å²) >= 11 is 0. The van der Waals surface area contributed by atoms with Crippen LogP contribution in [-0.2, 0) is 9.59 Å². The van der Waals surface area contributed by atoms with Gasteiger partial charge in [0.25, 0.3) is 0 Å². The third-order valence-electron chi connectivity index (χ3n) is 5.85. The van der Waals surface area contributed by atoms with Crippen molar-refractivity contribution in [1.29, 1.82) is 0 Å². The van der Waals surface area contributed by atoms with Crippen LogP contribution in [0.2, 0.25) is 0 Å². The number of rotatable bonds is 4. The lowest BCUT2D eigenvalue weighted by Gasteiger charge is -2.33. The number of carbonyl (C=O) groups is 2. The van der Waals surface area contributed by atoms with Crippen molar-refractivity contribution >= 4 is 28.4 Å². The predicted molar refractivity (Wildman–Crippen MR) is 121 cm³/mol. The molecule has 2 aromatic carbocycles. The maximum atomic E-state index is 13.3. The van der Waals surface area contributed by atoms with Gasteiger partial charge in [0, 0.05) is 61.8 Å². The van der Waals surface area contributed by atoms with Crippen LogP contribution in [0.15, 0.2) is 53.2 Å². The molecule has 0 N–H and O–H groups in total. The van der Waals surface area contributed by atoms with Gasteiger partial charge in [0.1, 0.15) is 17.1 Å². The molecular formula is C25H25FN2O4. The van der Waals surface area contributed by atoms with Crippen LogP contribution in [-0.4, -0.2) is 54.9 Å². The predicted octanol–water partition coefficient (Wildman–Crippen LogP) is 4.34. The Hall–Kier alpha value is -3.61. The third-order valence-corrected chi connectivity index (χ3v) is 5.85.